The molecule has 2 N–H and O–H groups in total. The van der Waals surface area contributed by atoms with Gasteiger partial charge in [0, 0.05) is 6.42 Å². The van der Waals surface area contributed by atoms with Gasteiger partial charge in [-0.3, -0.25) is 0 Å². The molecule has 1 unspecified atom stereocenters. The number of aldehydes is 1. The van der Waals surface area contributed by atoms with E-state index in [0.29, 0.717) is 12.3 Å². The molecule has 2 rings (SSSR count). The van der Waals surface area contributed by atoms with Crippen molar-refractivity contribution in [1.82, 2.24) is 0 Å². The molecule has 3 heteroatoms. The zero-order valence-corrected chi connectivity index (χ0v) is 8.39. The van der Waals surface area contributed by atoms with Gasteiger partial charge in [0.05, 0.1) is 0 Å². The van der Waals surface area contributed by atoms with E-state index in [1.165, 1.54) is 6.07 Å². The topological polar surface area (TPSA) is 57.5 Å². The summed E-state index contributed by atoms with van der Waals surface area (Å²) < 4.78 is 0. The number of carbonyl (C=O) groups is 1. The lowest BCUT2D eigenvalue weighted by molar-refractivity contribution is -0.108. The van der Waals surface area contributed by atoms with Crippen LogP contribution >= 0.6 is 0 Å². The van der Waals surface area contributed by atoms with E-state index < -0.39 is 0 Å². The molecule has 0 radical (unpaired) electrons. The van der Waals surface area contributed by atoms with Gasteiger partial charge in [-0.2, -0.15) is 0 Å². The molecular weight excluding hydrogens is 192 g/mol. The molecular formula is C12H14O3. The predicted molar refractivity (Wildman–Crippen MR) is 55.9 cm³/mol. The Kier molecular flexibility index (Phi) is 2.62. The number of carbonyl (C=O) groups excluding carboxylic acids is 1. The zero-order chi connectivity index (χ0) is 10.8. The first-order valence-electron chi connectivity index (χ1n) is 5.18. The summed E-state index contributed by atoms with van der Waals surface area (Å²) in [5.41, 5.74) is 0.944. The molecule has 0 heterocycles. The molecule has 1 aliphatic rings. The van der Waals surface area contributed by atoms with Gasteiger partial charge in [-0.05, 0) is 42.4 Å². The number of aromatic hydroxyl groups is 2. The first kappa shape index (κ1) is 10.0. The van der Waals surface area contributed by atoms with Gasteiger partial charge in [-0.15, -0.1) is 0 Å². The molecule has 0 bridgehead atoms. The van der Waals surface area contributed by atoms with Crippen molar-refractivity contribution in [2.75, 3.05) is 0 Å². The van der Waals surface area contributed by atoms with Crippen LogP contribution in [-0.4, -0.2) is 16.5 Å². The Balaban J connectivity index is 2.24. The van der Waals surface area contributed by atoms with Crippen LogP contribution in [-0.2, 0) is 4.79 Å². The van der Waals surface area contributed by atoms with Crippen LogP contribution in [0, 0.1) is 5.92 Å². The van der Waals surface area contributed by atoms with Crippen molar-refractivity contribution in [2.24, 2.45) is 5.92 Å². The highest BCUT2D eigenvalue weighted by atomic mass is 16.3. The molecule has 80 valence electrons. The largest absolute Gasteiger partial charge is 0.504 e. The van der Waals surface area contributed by atoms with Crippen molar-refractivity contribution >= 4 is 6.29 Å². The monoisotopic (exact) mass is 206 g/mol. The third-order valence-electron chi connectivity index (χ3n) is 2.97. The minimum absolute atomic E-state index is 0.107. The van der Waals surface area contributed by atoms with Gasteiger partial charge in [0.25, 0.3) is 0 Å². The van der Waals surface area contributed by atoms with Crippen molar-refractivity contribution in [1.29, 1.82) is 0 Å². The SMILES string of the molecule is O=CCC(c1ccc(O)c(O)c1)C1CC1. The first-order valence-corrected chi connectivity index (χ1v) is 5.18. The highest BCUT2D eigenvalue weighted by Crippen LogP contribution is 2.45. The fourth-order valence-electron chi connectivity index (χ4n) is 1.97. The molecule has 1 saturated carbocycles. The van der Waals surface area contributed by atoms with Crippen LogP contribution in [0.2, 0.25) is 0 Å². The maximum absolute atomic E-state index is 10.6. The summed E-state index contributed by atoms with van der Waals surface area (Å²) in [4.78, 5) is 10.6. The molecule has 0 aliphatic heterocycles. The van der Waals surface area contributed by atoms with E-state index in [9.17, 15) is 15.0 Å². The highest BCUT2D eigenvalue weighted by Gasteiger charge is 2.32. The maximum atomic E-state index is 10.6. The lowest BCUT2D eigenvalue weighted by atomic mass is 9.91. The Morgan fingerprint density at radius 3 is 2.60 bits per heavy atom. The number of hydrogen-bond donors (Lipinski definition) is 2. The number of benzene rings is 1. The molecule has 1 fully saturated rings. The molecule has 15 heavy (non-hydrogen) atoms. The lowest BCUT2D eigenvalue weighted by Crippen LogP contribution is -2.01. The van der Waals surface area contributed by atoms with E-state index in [1.807, 2.05) is 0 Å². The van der Waals surface area contributed by atoms with Crippen molar-refractivity contribution in [2.45, 2.75) is 25.2 Å². The average Bonchev–Trinajstić information content (AvgIpc) is 3.02. The molecule has 0 spiro atoms. The van der Waals surface area contributed by atoms with Gasteiger partial charge in [0.1, 0.15) is 6.29 Å². The van der Waals surface area contributed by atoms with Gasteiger partial charge in [-0.1, -0.05) is 6.07 Å². The van der Waals surface area contributed by atoms with Crippen LogP contribution < -0.4 is 0 Å². The molecule has 1 aromatic rings. The van der Waals surface area contributed by atoms with Crippen molar-refractivity contribution < 1.29 is 15.0 Å². The second-order valence-electron chi connectivity index (χ2n) is 4.09. The van der Waals surface area contributed by atoms with E-state index in [0.717, 1.165) is 24.7 Å². The maximum Gasteiger partial charge on any atom is 0.157 e. The van der Waals surface area contributed by atoms with Gasteiger partial charge < -0.3 is 15.0 Å². The Bertz CT molecular complexity index is 369. The molecule has 1 atom stereocenters. The zero-order valence-electron chi connectivity index (χ0n) is 8.39. The van der Waals surface area contributed by atoms with E-state index in [-0.39, 0.29) is 17.4 Å². The molecule has 1 aliphatic carbocycles. The van der Waals surface area contributed by atoms with Gasteiger partial charge in [0.15, 0.2) is 11.5 Å². The van der Waals surface area contributed by atoms with Crippen LogP contribution in [0.3, 0.4) is 0 Å². The van der Waals surface area contributed by atoms with Gasteiger partial charge >= 0.3 is 0 Å². The summed E-state index contributed by atoms with van der Waals surface area (Å²) >= 11 is 0. The highest BCUT2D eigenvalue weighted by molar-refractivity contribution is 5.53. The first-order chi connectivity index (χ1) is 7.22. The quantitative estimate of drug-likeness (QED) is 0.586. The van der Waals surface area contributed by atoms with E-state index in [1.54, 1.807) is 12.1 Å². The minimum atomic E-state index is -0.112. The van der Waals surface area contributed by atoms with Crippen LogP contribution in [0.4, 0.5) is 0 Å². The third kappa shape index (κ3) is 2.12. The normalized spacial score (nSPS) is 17.3. The molecule has 3 nitrogen and oxygen atoms in total. The number of hydrogen-bond acceptors (Lipinski definition) is 3. The van der Waals surface area contributed by atoms with Crippen molar-refractivity contribution in [3.05, 3.63) is 23.8 Å². The number of phenols is 2. The average molecular weight is 206 g/mol. The summed E-state index contributed by atoms with van der Waals surface area (Å²) in [6.45, 7) is 0. The van der Waals surface area contributed by atoms with Crippen LogP contribution in [0.15, 0.2) is 18.2 Å². The van der Waals surface area contributed by atoms with E-state index in [2.05, 4.69) is 0 Å². The molecule has 0 saturated heterocycles. The summed E-state index contributed by atoms with van der Waals surface area (Å²) in [7, 11) is 0. The fraction of sp³-hybridized carbons (Fsp3) is 0.417. The fourth-order valence-corrected chi connectivity index (χ4v) is 1.97. The smallest absolute Gasteiger partial charge is 0.157 e. The lowest BCUT2D eigenvalue weighted by Gasteiger charge is -2.14. The second-order valence-corrected chi connectivity index (χ2v) is 4.09. The second kappa shape index (κ2) is 3.93. The summed E-state index contributed by atoms with van der Waals surface area (Å²) in [6, 6.07) is 4.81. The van der Waals surface area contributed by atoms with Crippen LogP contribution in [0.5, 0.6) is 11.5 Å². The van der Waals surface area contributed by atoms with E-state index in [4.69, 9.17) is 0 Å². The number of rotatable bonds is 4. The Hall–Kier alpha value is -1.51. The van der Waals surface area contributed by atoms with Crippen molar-refractivity contribution in [3.8, 4) is 11.5 Å². The molecule has 0 amide bonds. The summed E-state index contributed by atoms with van der Waals surface area (Å²) in [5, 5.41) is 18.6. The summed E-state index contributed by atoms with van der Waals surface area (Å²) in [6.07, 6.45) is 3.72. The Morgan fingerprint density at radius 2 is 2.07 bits per heavy atom. The molecule has 0 aromatic heterocycles. The van der Waals surface area contributed by atoms with Crippen LogP contribution in [0.1, 0.15) is 30.7 Å². The van der Waals surface area contributed by atoms with Gasteiger partial charge in [-0.25, -0.2) is 0 Å². The minimum Gasteiger partial charge on any atom is -0.504 e. The predicted octanol–water partition coefficient (Wildman–Crippen LogP) is 2.18. The summed E-state index contributed by atoms with van der Waals surface area (Å²) in [5.74, 6) is 0.552. The Labute approximate surface area is 88.4 Å². The van der Waals surface area contributed by atoms with Crippen LogP contribution in [0.25, 0.3) is 0 Å². The standard InChI is InChI=1S/C12H14O3/c13-6-5-10(8-1-2-8)9-3-4-11(14)12(15)7-9/h3-4,6-8,10,14-15H,1-2,5H2. The van der Waals surface area contributed by atoms with Gasteiger partial charge in [0.2, 0.25) is 0 Å². The van der Waals surface area contributed by atoms with Crippen molar-refractivity contribution in [3.63, 3.8) is 0 Å². The molecule has 1 aromatic carbocycles. The number of phenolic OH excluding ortho intramolecular Hbond substituents is 2. The Morgan fingerprint density at radius 1 is 1.33 bits per heavy atom. The third-order valence-corrected chi connectivity index (χ3v) is 2.97. The van der Waals surface area contributed by atoms with E-state index >= 15 is 0 Å².